The number of carbonyl (C=O) groups is 1. The topological polar surface area (TPSA) is 83.9 Å². The standard InChI is InChI=1S/C17H17N5O2/c1-10-7-11(2)22(20-10)12-8-21(9-12)17(24)15-13-5-3-4-6-14(13)16(23)19-18-15/h3-7,12H,8-9H2,1-2H3,(H,19,23). The summed E-state index contributed by atoms with van der Waals surface area (Å²) in [7, 11) is 0. The normalized spacial score (nSPS) is 14.8. The molecule has 0 aliphatic carbocycles. The molecule has 2 aromatic heterocycles. The molecule has 4 rings (SSSR count). The average molecular weight is 323 g/mol. The maximum absolute atomic E-state index is 12.7. The van der Waals surface area contributed by atoms with Crippen LogP contribution in [0.15, 0.2) is 35.1 Å². The summed E-state index contributed by atoms with van der Waals surface area (Å²) in [5.74, 6) is -0.166. The molecular formula is C17H17N5O2. The Labute approximate surface area is 137 Å². The molecule has 1 aliphatic rings. The van der Waals surface area contributed by atoms with E-state index in [1.807, 2.05) is 24.6 Å². The van der Waals surface area contributed by atoms with Crippen molar-refractivity contribution in [3.8, 4) is 0 Å². The summed E-state index contributed by atoms with van der Waals surface area (Å²) in [5.41, 5.74) is 2.08. The van der Waals surface area contributed by atoms with Gasteiger partial charge in [0.2, 0.25) is 0 Å². The van der Waals surface area contributed by atoms with Crippen molar-refractivity contribution in [2.75, 3.05) is 13.1 Å². The molecule has 7 heteroatoms. The fraction of sp³-hybridized carbons (Fsp3) is 0.294. The SMILES string of the molecule is Cc1cc(C)n(C2CN(C(=O)c3n[nH]c(=O)c4ccccc34)C2)n1. The summed E-state index contributed by atoms with van der Waals surface area (Å²) in [6.45, 7) is 5.16. The van der Waals surface area contributed by atoms with Crippen molar-refractivity contribution >= 4 is 16.7 Å². The zero-order valence-electron chi connectivity index (χ0n) is 13.5. The van der Waals surface area contributed by atoms with Gasteiger partial charge in [-0.2, -0.15) is 10.2 Å². The van der Waals surface area contributed by atoms with Gasteiger partial charge >= 0.3 is 0 Å². The van der Waals surface area contributed by atoms with Crippen LogP contribution in [0, 0.1) is 13.8 Å². The molecule has 1 amide bonds. The number of rotatable bonds is 2. The molecule has 122 valence electrons. The summed E-state index contributed by atoms with van der Waals surface area (Å²) in [5, 5.41) is 11.9. The van der Waals surface area contributed by atoms with Crippen molar-refractivity contribution in [3.05, 3.63) is 57.8 Å². The first kappa shape index (κ1) is 14.6. The minimum atomic E-state index is -0.286. The number of aromatic nitrogens is 4. The van der Waals surface area contributed by atoms with Gasteiger partial charge in [0.1, 0.15) is 0 Å². The molecule has 0 bridgehead atoms. The second-order valence-corrected chi connectivity index (χ2v) is 6.18. The molecule has 0 spiro atoms. The summed E-state index contributed by atoms with van der Waals surface area (Å²) in [6.07, 6.45) is 0. The Morgan fingerprint density at radius 2 is 1.92 bits per heavy atom. The molecule has 1 N–H and O–H groups in total. The van der Waals surface area contributed by atoms with Gasteiger partial charge in [-0.1, -0.05) is 18.2 Å². The first-order chi connectivity index (χ1) is 11.5. The zero-order chi connectivity index (χ0) is 16.8. The van der Waals surface area contributed by atoms with E-state index in [9.17, 15) is 9.59 Å². The minimum Gasteiger partial charge on any atom is -0.333 e. The lowest BCUT2D eigenvalue weighted by Gasteiger charge is -2.39. The molecule has 1 saturated heterocycles. The van der Waals surface area contributed by atoms with Crippen molar-refractivity contribution < 1.29 is 4.79 Å². The third-order valence-corrected chi connectivity index (χ3v) is 4.44. The lowest BCUT2D eigenvalue weighted by atomic mass is 10.1. The van der Waals surface area contributed by atoms with Gasteiger partial charge in [-0.25, -0.2) is 5.10 Å². The number of benzene rings is 1. The summed E-state index contributed by atoms with van der Waals surface area (Å²) in [6, 6.07) is 9.24. The predicted molar refractivity (Wildman–Crippen MR) is 89.0 cm³/mol. The van der Waals surface area contributed by atoms with Crippen molar-refractivity contribution in [2.24, 2.45) is 0 Å². The number of fused-ring (bicyclic) bond motifs is 1. The fourth-order valence-electron chi connectivity index (χ4n) is 3.22. The van der Waals surface area contributed by atoms with Crippen LogP contribution in [0.25, 0.3) is 10.8 Å². The third-order valence-electron chi connectivity index (χ3n) is 4.44. The van der Waals surface area contributed by atoms with E-state index in [4.69, 9.17) is 0 Å². The lowest BCUT2D eigenvalue weighted by Crippen LogP contribution is -2.51. The average Bonchev–Trinajstić information content (AvgIpc) is 2.85. The number of H-pyrrole nitrogens is 1. The maximum atomic E-state index is 12.7. The van der Waals surface area contributed by atoms with E-state index in [0.717, 1.165) is 11.4 Å². The summed E-state index contributed by atoms with van der Waals surface area (Å²) >= 11 is 0. The van der Waals surface area contributed by atoms with Gasteiger partial charge in [0, 0.05) is 24.2 Å². The molecule has 3 heterocycles. The number of likely N-dealkylation sites (tertiary alicyclic amines) is 1. The van der Waals surface area contributed by atoms with Gasteiger partial charge < -0.3 is 4.90 Å². The molecule has 0 saturated carbocycles. The van der Waals surface area contributed by atoms with Crippen LogP contribution in [0.2, 0.25) is 0 Å². The Morgan fingerprint density at radius 1 is 1.21 bits per heavy atom. The maximum Gasteiger partial charge on any atom is 0.275 e. The van der Waals surface area contributed by atoms with Crippen LogP contribution in [0.5, 0.6) is 0 Å². The van der Waals surface area contributed by atoms with Crippen LogP contribution in [0.3, 0.4) is 0 Å². The number of hydrogen-bond acceptors (Lipinski definition) is 4. The fourth-order valence-corrected chi connectivity index (χ4v) is 3.22. The molecule has 0 unspecified atom stereocenters. The van der Waals surface area contributed by atoms with E-state index in [2.05, 4.69) is 15.3 Å². The molecule has 7 nitrogen and oxygen atoms in total. The molecule has 1 fully saturated rings. The molecule has 24 heavy (non-hydrogen) atoms. The van der Waals surface area contributed by atoms with E-state index in [-0.39, 0.29) is 23.2 Å². The zero-order valence-corrected chi connectivity index (χ0v) is 13.5. The van der Waals surface area contributed by atoms with Crippen LogP contribution in [0.1, 0.15) is 27.9 Å². The first-order valence-corrected chi connectivity index (χ1v) is 7.84. The second-order valence-electron chi connectivity index (χ2n) is 6.18. The molecule has 1 aliphatic heterocycles. The highest BCUT2D eigenvalue weighted by molar-refractivity contribution is 6.05. The summed E-state index contributed by atoms with van der Waals surface area (Å²) < 4.78 is 1.97. The number of aryl methyl sites for hydroxylation is 2. The number of carbonyl (C=O) groups excluding carboxylic acids is 1. The highest BCUT2D eigenvalue weighted by atomic mass is 16.2. The van der Waals surface area contributed by atoms with Crippen molar-refractivity contribution in [1.29, 1.82) is 0 Å². The van der Waals surface area contributed by atoms with Crippen LogP contribution in [0.4, 0.5) is 0 Å². The number of nitrogens with zero attached hydrogens (tertiary/aromatic N) is 4. The van der Waals surface area contributed by atoms with E-state index < -0.39 is 0 Å². The van der Waals surface area contributed by atoms with Crippen molar-refractivity contribution in [3.63, 3.8) is 0 Å². The van der Waals surface area contributed by atoms with Crippen LogP contribution >= 0.6 is 0 Å². The van der Waals surface area contributed by atoms with Crippen LogP contribution in [-0.4, -0.2) is 43.9 Å². The van der Waals surface area contributed by atoms with Gasteiger partial charge in [-0.15, -0.1) is 0 Å². The van der Waals surface area contributed by atoms with Crippen molar-refractivity contribution in [2.45, 2.75) is 19.9 Å². The van der Waals surface area contributed by atoms with E-state index >= 15 is 0 Å². The number of hydrogen-bond donors (Lipinski definition) is 1. The van der Waals surface area contributed by atoms with Gasteiger partial charge in [-0.3, -0.25) is 14.3 Å². The number of nitrogens with one attached hydrogen (secondary N) is 1. The number of aromatic amines is 1. The Balaban J connectivity index is 1.59. The van der Waals surface area contributed by atoms with E-state index in [0.29, 0.717) is 23.9 Å². The predicted octanol–water partition coefficient (Wildman–Crippen LogP) is 1.43. The largest absolute Gasteiger partial charge is 0.333 e. The Bertz CT molecular complexity index is 998. The van der Waals surface area contributed by atoms with Gasteiger partial charge in [0.05, 0.1) is 17.1 Å². The minimum absolute atomic E-state index is 0.166. The van der Waals surface area contributed by atoms with Crippen LogP contribution in [-0.2, 0) is 0 Å². The second kappa shape index (κ2) is 5.30. The Kier molecular flexibility index (Phi) is 3.23. The highest BCUT2D eigenvalue weighted by Gasteiger charge is 2.35. The smallest absolute Gasteiger partial charge is 0.275 e. The molecule has 3 aromatic rings. The van der Waals surface area contributed by atoms with Crippen LogP contribution < -0.4 is 5.56 Å². The first-order valence-electron chi connectivity index (χ1n) is 7.84. The molecule has 0 atom stereocenters. The number of amides is 1. The molecule has 0 radical (unpaired) electrons. The Hall–Kier alpha value is -2.96. The molecular weight excluding hydrogens is 306 g/mol. The monoisotopic (exact) mass is 323 g/mol. The lowest BCUT2D eigenvalue weighted by molar-refractivity contribution is 0.0492. The van der Waals surface area contributed by atoms with Crippen molar-refractivity contribution in [1.82, 2.24) is 24.9 Å². The highest BCUT2D eigenvalue weighted by Crippen LogP contribution is 2.25. The quantitative estimate of drug-likeness (QED) is 0.773. The Morgan fingerprint density at radius 3 is 2.58 bits per heavy atom. The van der Waals surface area contributed by atoms with Gasteiger partial charge in [-0.05, 0) is 26.0 Å². The third kappa shape index (κ3) is 2.20. The van der Waals surface area contributed by atoms with Gasteiger partial charge in [0.25, 0.3) is 11.5 Å². The van der Waals surface area contributed by atoms with Gasteiger partial charge in [0.15, 0.2) is 5.69 Å². The summed E-state index contributed by atoms with van der Waals surface area (Å²) in [4.78, 5) is 26.3. The molecule has 1 aromatic carbocycles. The van der Waals surface area contributed by atoms with E-state index in [1.54, 1.807) is 29.2 Å². The van der Waals surface area contributed by atoms with E-state index in [1.165, 1.54) is 0 Å².